The van der Waals surface area contributed by atoms with Crippen LogP contribution in [0.1, 0.15) is 49.6 Å². The number of aryl methyl sites for hydroxylation is 1. The van der Waals surface area contributed by atoms with Crippen LogP contribution in [0.15, 0.2) is 48.5 Å². The van der Waals surface area contributed by atoms with E-state index < -0.39 is 0 Å². The van der Waals surface area contributed by atoms with E-state index in [-0.39, 0.29) is 0 Å². The van der Waals surface area contributed by atoms with Gasteiger partial charge in [-0.15, -0.1) is 10.2 Å². The van der Waals surface area contributed by atoms with Crippen LogP contribution in [0.2, 0.25) is 0 Å². The zero-order valence-corrected chi connectivity index (χ0v) is 19.7. The topological polar surface area (TPSA) is 52.0 Å². The Kier molecular flexibility index (Phi) is 7.59. The van der Waals surface area contributed by atoms with E-state index in [1.165, 1.54) is 36.8 Å². The monoisotopic (exact) mass is 432 g/mol. The maximum absolute atomic E-state index is 5.54. The molecule has 1 aromatic heterocycles. The minimum Gasteiger partial charge on any atom is -0.496 e. The van der Waals surface area contributed by atoms with Gasteiger partial charge in [0.25, 0.3) is 0 Å². The Morgan fingerprint density at radius 2 is 1.97 bits per heavy atom. The van der Waals surface area contributed by atoms with Gasteiger partial charge in [-0.05, 0) is 75.1 Å². The Labute approximate surface area is 192 Å². The fourth-order valence-corrected chi connectivity index (χ4v) is 4.89. The number of nitrogens with one attached hydrogen (secondary N) is 1. The van der Waals surface area contributed by atoms with Crippen molar-refractivity contribution >= 4 is 0 Å². The zero-order valence-electron chi connectivity index (χ0n) is 19.7. The van der Waals surface area contributed by atoms with E-state index in [9.17, 15) is 0 Å². The molecule has 2 unspecified atom stereocenters. The molecule has 0 saturated carbocycles. The molecule has 0 fully saturated rings. The van der Waals surface area contributed by atoms with Gasteiger partial charge in [-0.25, -0.2) is 0 Å². The summed E-state index contributed by atoms with van der Waals surface area (Å²) >= 11 is 0. The third-order valence-electron chi connectivity index (χ3n) is 6.84. The van der Waals surface area contributed by atoms with Gasteiger partial charge in [0.2, 0.25) is 0 Å². The van der Waals surface area contributed by atoms with E-state index in [4.69, 9.17) is 4.74 Å². The van der Waals surface area contributed by atoms with Crippen molar-refractivity contribution in [3.05, 3.63) is 65.5 Å². The fraction of sp³-hybridized carbons (Fsp3) is 0.481. The highest BCUT2D eigenvalue weighted by molar-refractivity contribution is 5.54. The highest BCUT2D eigenvalue weighted by atomic mass is 16.5. The second kappa shape index (κ2) is 10.8. The van der Waals surface area contributed by atoms with Gasteiger partial charge in [0.15, 0.2) is 5.82 Å². The van der Waals surface area contributed by atoms with Crippen LogP contribution in [0.3, 0.4) is 0 Å². The lowest BCUT2D eigenvalue weighted by atomic mass is 9.81. The summed E-state index contributed by atoms with van der Waals surface area (Å²) < 4.78 is 7.66. The second-order valence-electron chi connectivity index (χ2n) is 9.11. The van der Waals surface area contributed by atoms with Crippen molar-refractivity contribution in [2.24, 2.45) is 13.0 Å². The molecule has 5 nitrogen and oxygen atoms in total. The van der Waals surface area contributed by atoms with Gasteiger partial charge in [-0.1, -0.05) is 42.5 Å². The molecule has 0 saturated heterocycles. The van der Waals surface area contributed by atoms with Crippen LogP contribution in [0.4, 0.5) is 0 Å². The SMILES string of the molecule is COc1cccc2c1CCC(CCCNC(C)CCc1nnc(-c3ccccc3)n1C)C2. The van der Waals surface area contributed by atoms with Gasteiger partial charge < -0.3 is 14.6 Å². The van der Waals surface area contributed by atoms with E-state index in [1.807, 2.05) is 18.2 Å². The van der Waals surface area contributed by atoms with Crippen LogP contribution in [0.5, 0.6) is 5.75 Å². The molecule has 0 bridgehead atoms. The molecule has 170 valence electrons. The van der Waals surface area contributed by atoms with Crippen LogP contribution >= 0.6 is 0 Å². The summed E-state index contributed by atoms with van der Waals surface area (Å²) in [5.74, 6) is 3.85. The maximum Gasteiger partial charge on any atom is 0.163 e. The third kappa shape index (κ3) is 5.39. The van der Waals surface area contributed by atoms with Crippen molar-refractivity contribution in [1.82, 2.24) is 20.1 Å². The van der Waals surface area contributed by atoms with Crippen LogP contribution in [0, 0.1) is 5.92 Å². The Hall–Kier alpha value is -2.66. The lowest BCUT2D eigenvalue weighted by Gasteiger charge is -2.26. The van der Waals surface area contributed by atoms with Crippen LogP contribution < -0.4 is 10.1 Å². The number of rotatable bonds is 10. The molecule has 0 aliphatic heterocycles. The highest BCUT2D eigenvalue weighted by Gasteiger charge is 2.21. The molecule has 2 aromatic carbocycles. The number of ether oxygens (including phenoxy) is 1. The normalized spacial score (nSPS) is 16.5. The molecule has 3 aromatic rings. The van der Waals surface area contributed by atoms with Crippen molar-refractivity contribution in [1.29, 1.82) is 0 Å². The lowest BCUT2D eigenvalue weighted by Crippen LogP contribution is -2.28. The Balaban J connectivity index is 1.17. The number of hydrogen-bond acceptors (Lipinski definition) is 4. The number of hydrogen-bond donors (Lipinski definition) is 1. The zero-order chi connectivity index (χ0) is 22.3. The number of fused-ring (bicyclic) bond motifs is 1. The minimum atomic E-state index is 0.475. The second-order valence-corrected chi connectivity index (χ2v) is 9.11. The number of aromatic nitrogens is 3. The molecule has 4 rings (SSSR count). The first-order valence-electron chi connectivity index (χ1n) is 12.0. The summed E-state index contributed by atoms with van der Waals surface area (Å²) in [4.78, 5) is 0. The van der Waals surface area contributed by atoms with Crippen molar-refractivity contribution in [3.63, 3.8) is 0 Å². The van der Waals surface area contributed by atoms with Crippen molar-refractivity contribution < 1.29 is 4.74 Å². The third-order valence-corrected chi connectivity index (χ3v) is 6.84. The van der Waals surface area contributed by atoms with E-state index in [2.05, 4.69) is 64.4 Å². The summed E-state index contributed by atoms with van der Waals surface area (Å²) in [5.41, 5.74) is 4.03. The van der Waals surface area contributed by atoms with Crippen LogP contribution in [0.25, 0.3) is 11.4 Å². The summed E-state index contributed by atoms with van der Waals surface area (Å²) in [7, 11) is 3.84. The van der Waals surface area contributed by atoms with E-state index >= 15 is 0 Å². The van der Waals surface area contributed by atoms with Crippen molar-refractivity contribution in [2.75, 3.05) is 13.7 Å². The van der Waals surface area contributed by atoms with Gasteiger partial charge in [0, 0.05) is 25.1 Å². The summed E-state index contributed by atoms with van der Waals surface area (Å²) in [6, 6.07) is 17.2. The predicted molar refractivity (Wildman–Crippen MR) is 130 cm³/mol. The largest absolute Gasteiger partial charge is 0.496 e. The van der Waals surface area contributed by atoms with E-state index in [0.29, 0.717) is 6.04 Å². The maximum atomic E-state index is 5.54. The smallest absolute Gasteiger partial charge is 0.163 e. The molecule has 1 aliphatic rings. The molecule has 0 radical (unpaired) electrons. The average Bonchev–Trinajstić information content (AvgIpc) is 3.20. The fourth-order valence-electron chi connectivity index (χ4n) is 4.89. The standard InChI is InChI=1S/C27H36N4O/c1-20(14-17-26-29-30-27(31(26)2)22-10-5-4-6-11-22)28-18-8-9-21-15-16-24-23(19-21)12-7-13-25(24)32-3/h4-7,10-13,20-21,28H,8-9,14-19H2,1-3H3. The Bertz CT molecular complexity index is 998. The first-order valence-corrected chi connectivity index (χ1v) is 12.0. The van der Waals surface area contributed by atoms with Gasteiger partial charge >= 0.3 is 0 Å². The van der Waals surface area contributed by atoms with Gasteiger partial charge in [-0.3, -0.25) is 0 Å². The molecular weight excluding hydrogens is 396 g/mol. The average molecular weight is 433 g/mol. The molecule has 1 heterocycles. The summed E-state index contributed by atoms with van der Waals surface area (Å²) in [6.07, 6.45) is 8.15. The molecular formula is C27H36N4O. The minimum absolute atomic E-state index is 0.475. The molecule has 1 N–H and O–H groups in total. The Morgan fingerprint density at radius 3 is 2.78 bits per heavy atom. The van der Waals surface area contributed by atoms with E-state index in [1.54, 1.807) is 7.11 Å². The first kappa shape index (κ1) is 22.5. The predicted octanol–water partition coefficient (Wildman–Crippen LogP) is 4.99. The van der Waals surface area contributed by atoms with Gasteiger partial charge in [0.05, 0.1) is 7.11 Å². The molecule has 2 atom stereocenters. The Morgan fingerprint density at radius 1 is 1.12 bits per heavy atom. The first-order chi connectivity index (χ1) is 15.7. The summed E-state index contributed by atoms with van der Waals surface area (Å²) in [6.45, 7) is 3.36. The number of benzene rings is 2. The van der Waals surface area contributed by atoms with Crippen molar-refractivity contribution in [3.8, 4) is 17.1 Å². The molecule has 5 heteroatoms. The molecule has 0 spiro atoms. The van der Waals surface area contributed by atoms with Crippen LogP contribution in [-0.4, -0.2) is 34.5 Å². The van der Waals surface area contributed by atoms with E-state index in [0.717, 1.165) is 54.7 Å². The van der Waals surface area contributed by atoms with Gasteiger partial charge in [0.1, 0.15) is 11.6 Å². The highest BCUT2D eigenvalue weighted by Crippen LogP contribution is 2.33. The van der Waals surface area contributed by atoms with Gasteiger partial charge in [-0.2, -0.15) is 0 Å². The summed E-state index contributed by atoms with van der Waals surface area (Å²) in [5, 5.41) is 12.5. The molecule has 0 amide bonds. The molecule has 32 heavy (non-hydrogen) atoms. The van der Waals surface area contributed by atoms with Crippen LogP contribution in [-0.2, 0) is 26.3 Å². The number of methoxy groups -OCH3 is 1. The lowest BCUT2D eigenvalue weighted by molar-refractivity contribution is 0.378. The van der Waals surface area contributed by atoms with Crippen molar-refractivity contribution in [2.45, 2.75) is 57.9 Å². The molecule has 1 aliphatic carbocycles. The quantitative estimate of drug-likeness (QED) is 0.459. The number of nitrogens with zero attached hydrogens (tertiary/aromatic N) is 3.